The number of hydrogen-bond donors (Lipinski definition) is 1. The van der Waals surface area contributed by atoms with Gasteiger partial charge in [-0.1, -0.05) is 12.1 Å². The van der Waals surface area contributed by atoms with Crippen LogP contribution in [0.15, 0.2) is 42.6 Å². The lowest BCUT2D eigenvalue weighted by molar-refractivity contribution is 0.0602. The molecule has 6 heteroatoms. The fourth-order valence-corrected chi connectivity index (χ4v) is 2.15. The summed E-state index contributed by atoms with van der Waals surface area (Å²) in [7, 11) is 1.33. The molecule has 1 aromatic carbocycles. The zero-order valence-corrected chi connectivity index (χ0v) is 11.4. The zero-order valence-electron chi connectivity index (χ0n) is 11.4. The monoisotopic (exact) mass is 283 g/mol. The third-order valence-corrected chi connectivity index (χ3v) is 3.21. The summed E-state index contributed by atoms with van der Waals surface area (Å²) in [6.45, 7) is 0. The number of aromatic nitrogens is 3. The molecule has 1 N–H and O–H groups in total. The third-order valence-electron chi connectivity index (χ3n) is 3.21. The minimum atomic E-state index is -0.441. The Bertz CT molecular complexity index is 794. The van der Waals surface area contributed by atoms with Gasteiger partial charge in [0.25, 0.3) is 0 Å². The molecule has 2 heterocycles. The van der Waals surface area contributed by atoms with Crippen LogP contribution in [0.3, 0.4) is 0 Å². The molecule has 0 unspecified atom stereocenters. The van der Waals surface area contributed by atoms with Crippen molar-refractivity contribution in [3.8, 4) is 5.75 Å². The first-order valence-corrected chi connectivity index (χ1v) is 6.38. The molecule has 0 spiro atoms. The van der Waals surface area contributed by atoms with Gasteiger partial charge in [0.15, 0.2) is 5.65 Å². The highest BCUT2D eigenvalue weighted by Gasteiger charge is 2.15. The molecule has 6 nitrogen and oxygen atoms in total. The van der Waals surface area contributed by atoms with Gasteiger partial charge >= 0.3 is 5.97 Å². The Morgan fingerprint density at radius 1 is 1.24 bits per heavy atom. The van der Waals surface area contributed by atoms with Gasteiger partial charge in [-0.25, -0.2) is 4.79 Å². The van der Waals surface area contributed by atoms with Gasteiger partial charge in [-0.3, -0.25) is 4.40 Å². The predicted octanol–water partition coefficient (Wildman–Crippen LogP) is 1.81. The van der Waals surface area contributed by atoms with E-state index in [0.29, 0.717) is 23.5 Å². The van der Waals surface area contributed by atoms with E-state index in [2.05, 4.69) is 10.2 Å². The summed E-state index contributed by atoms with van der Waals surface area (Å²) >= 11 is 0. The second-order valence-electron chi connectivity index (χ2n) is 4.57. The number of nitrogens with zero attached hydrogens (tertiary/aromatic N) is 3. The molecule has 0 aliphatic carbocycles. The number of esters is 1. The number of phenols is 1. The summed E-state index contributed by atoms with van der Waals surface area (Å²) in [5.74, 6) is 0.489. The van der Waals surface area contributed by atoms with E-state index in [9.17, 15) is 9.90 Å². The van der Waals surface area contributed by atoms with Crippen molar-refractivity contribution in [2.24, 2.45) is 0 Å². The van der Waals surface area contributed by atoms with E-state index in [1.807, 2.05) is 12.1 Å². The molecule has 0 radical (unpaired) electrons. The fraction of sp³-hybridized carbons (Fsp3) is 0.133. The smallest absolute Gasteiger partial charge is 0.341 e. The van der Waals surface area contributed by atoms with Crippen LogP contribution in [-0.2, 0) is 11.2 Å². The maximum atomic E-state index is 11.7. The van der Waals surface area contributed by atoms with Gasteiger partial charge in [-0.15, -0.1) is 10.2 Å². The number of ether oxygens (including phenoxy) is 1. The van der Waals surface area contributed by atoms with Gasteiger partial charge in [0.2, 0.25) is 0 Å². The third kappa shape index (κ3) is 2.43. The first-order chi connectivity index (χ1) is 10.2. The fourth-order valence-electron chi connectivity index (χ4n) is 2.15. The van der Waals surface area contributed by atoms with Crippen molar-refractivity contribution < 1.29 is 14.6 Å². The molecule has 3 aromatic rings. The van der Waals surface area contributed by atoms with Crippen molar-refractivity contribution in [3.63, 3.8) is 0 Å². The Morgan fingerprint density at radius 2 is 2.00 bits per heavy atom. The van der Waals surface area contributed by atoms with Crippen LogP contribution in [0.4, 0.5) is 0 Å². The Kier molecular flexibility index (Phi) is 3.27. The molecule has 2 aromatic heterocycles. The van der Waals surface area contributed by atoms with Gasteiger partial charge in [0.05, 0.1) is 7.11 Å². The molecule has 0 fully saturated rings. The number of aromatic hydroxyl groups is 1. The van der Waals surface area contributed by atoms with Gasteiger partial charge in [0.1, 0.15) is 17.1 Å². The number of rotatable bonds is 3. The lowest BCUT2D eigenvalue weighted by atomic mass is 10.1. The second kappa shape index (κ2) is 5.24. The van der Waals surface area contributed by atoms with Gasteiger partial charge in [-0.2, -0.15) is 0 Å². The molecule has 0 atom stereocenters. The maximum Gasteiger partial charge on any atom is 0.341 e. The molecule has 0 saturated heterocycles. The molecular formula is C15H13N3O3. The largest absolute Gasteiger partial charge is 0.508 e. The number of carbonyl (C=O) groups excluding carboxylic acids is 1. The van der Waals surface area contributed by atoms with E-state index < -0.39 is 5.97 Å². The number of fused-ring (bicyclic) bond motifs is 1. The van der Waals surface area contributed by atoms with Crippen LogP contribution < -0.4 is 0 Å². The van der Waals surface area contributed by atoms with Crippen LogP contribution in [0.1, 0.15) is 21.7 Å². The molecule has 0 amide bonds. The van der Waals surface area contributed by atoms with Crippen molar-refractivity contribution in [1.29, 1.82) is 0 Å². The minimum absolute atomic E-state index is 0.220. The van der Waals surface area contributed by atoms with E-state index in [4.69, 9.17) is 4.74 Å². The summed E-state index contributed by atoms with van der Waals surface area (Å²) in [6, 6.07) is 10.3. The van der Waals surface area contributed by atoms with Gasteiger partial charge in [0, 0.05) is 12.6 Å². The molecule has 0 aliphatic rings. The molecule has 0 aliphatic heterocycles. The standard InChI is InChI=1S/C15H13N3O3/c1-21-15(20)12-3-2-8-18-13(16-17-14(12)18)9-10-4-6-11(19)7-5-10/h2-8,19H,9H2,1H3. The Balaban J connectivity index is 2.01. The highest BCUT2D eigenvalue weighted by atomic mass is 16.5. The number of benzene rings is 1. The van der Waals surface area contributed by atoms with Crippen LogP contribution in [0.25, 0.3) is 5.65 Å². The molecular weight excluding hydrogens is 270 g/mol. The van der Waals surface area contributed by atoms with Crippen LogP contribution in [0.2, 0.25) is 0 Å². The quantitative estimate of drug-likeness (QED) is 0.742. The van der Waals surface area contributed by atoms with E-state index in [1.165, 1.54) is 7.11 Å². The topological polar surface area (TPSA) is 76.7 Å². The Hall–Kier alpha value is -2.89. The first kappa shape index (κ1) is 13.1. The first-order valence-electron chi connectivity index (χ1n) is 6.38. The molecule has 106 valence electrons. The van der Waals surface area contributed by atoms with E-state index >= 15 is 0 Å². The van der Waals surface area contributed by atoms with Crippen LogP contribution in [0, 0.1) is 0 Å². The van der Waals surface area contributed by atoms with Crippen molar-refractivity contribution in [1.82, 2.24) is 14.6 Å². The van der Waals surface area contributed by atoms with Crippen molar-refractivity contribution >= 4 is 11.6 Å². The van der Waals surface area contributed by atoms with E-state index in [-0.39, 0.29) is 5.75 Å². The summed E-state index contributed by atoms with van der Waals surface area (Å²) in [5.41, 5.74) is 1.84. The minimum Gasteiger partial charge on any atom is -0.508 e. The summed E-state index contributed by atoms with van der Waals surface area (Å²) in [5, 5.41) is 17.5. The Morgan fingerprint density at radius 3 is 2.71 bits per heavy atom. The van der Waals surface area contributed by atoms with E-state index in [1.54, 1.807) is 34.9 Å². The van der Waals surface area contributed by atoms with Crippen LogP contribution in [-0.4, -0.2) is 32.8 Å². The second-order valence-corrected chi connectivity index (χ2v) is 4.57. The number of carbonyl (C=O) groups is 1. The lowest BCUT2D eigenvalue weighted by Crippen LogP contribution is -2.05. The molecule has 0 saturated carbocycles. The lowest BCUT2D eigenvalue weighted by Gasteiger charge is -2.03. The highest BCUT2D eigenvalue weighted by molar-refractivity contribution is 5.95. The average Bonchev–Trinajstić information content (AvgIpc) is 2.92. The number of phenolic OH excluding ortho intramolecular Hbond substituents is 1. The maximum absolute atomic E-state index is 11.7. The molecule has 3 rings (SSSR count). The summed E-state index contributed by atoms with van der Waals surface area (Å²) < 4.78 is 6.50. The predicted molar refractivity (Wildman–Crippen MR) is 75.2 cm³/mol. The average molecular weight is 283 g/mol. The number of hydrogen-bond acceptors (Lipinski definition) is 5. The normalized spacial score (nSPS) is 10.7. The van der Waals surface area contributed by atoms with E-state index in [0.717, 1.165) is 5.56 Å². The highest BCUT2D eigenvalue weighted by Crippen LogP contribution is 2.16. The molecule has 21 heavy (non-hydrogen) atoms. The van der Waals surface area contributed by atoms with Gasteiger partial charge in [-0.05, 0) is 29.8 Å². The van der Waals surface area contributed by atoms with Crippen molar-refractivity contribution in [2.75, 3.05) is 7.11 Å². The summed E-state index contributed by atoms with van der Waals surface area (Å²) in [4.78, 5) is 11.7. The zero-order chi connectivity index (χ0) is 14.8. The van der Waals surface area contributed by atoms with Gasteiger partial charge < -0.3 is 9.84 Å². The number of pyridine rings is 1. The number of methoxy groups -OCH3 is 1. The molecule has 0 bridgehead atoms. The summed E-state index contributed by atoms with van der Waals surface area (Å²) in [6.07, 6.45) is 2.35. The van der Waals surface area contributed by atoms with Crippen LogP contribution in [0.5, 0.6) is 5.75 Å². The SMILES string of the molecule is COC(=O)c1cccn2c(Cc3ccc(O)cc3)nnc12. The van der Waals surface area contributed by atoms with Crippen LogP contribution >= 0.6 is 0 Å². The Labute approximate surface area is 120 Å². The van der Waals surface area contributed by atoms with Crippen molar-refractivity contribution in [2.45, 2.75) is 6.42 Å². The van der Waals surface area contributed by atoms with Crippen molar-refractivity contribution in [3.05, 3.63) is 59.5 Å².